The molecule has 3 N–H and O–H groups in total. The molecule has 112 valence electrons. The Balaban J connectivity index is 1.50. The molecule has 0 radical (unpaired) electrons. The summed E-state index contributed by atoms with van der Waals surface area (Å²) in [6.45, 7) is 1.36. The Morgan fingerprint density at radius 3 is 2.55 bits per heavy atom. The highest BCUT2D eigenvalue weighted by Gasteiger charge is 2.43. The molecule has 3 fully saturated rings. The Kier molecular flexibility index (Phi) is 3.58. The number of rotatable bonds is 2. The van der Waals surface area contributed by atoms with E-state index in [0.29, 0.717) is 25.3 Å². The maximum absolute atomic E-state index is 12.2. The molecular formula is C14H22N2O4. The summed E-state index contributed by atoms with van der Waals surface area (Å²) in [5.74, 6) is -0.414. The van der Waals surface area contributed by atoms with Crippen LogP contribution in [0.15, 0.2) is 0 Å². The lowest BCUT2D eigenvalue weighted by atomic mass is 10.00. The van der Waals surface area contributed by atoms with Gasteiger partial charge in [-0.15, -0.1) is 0 Å². The van der Waals surface area contributed by atoms with Gasteiger partial charge in [0.2, 0.25) is 0 Å². The Morgan fingerprint density at radius 1 is 1.10 bits per heavy atom. The zero-order valence-corrected chi connectivity index (χ0v) is 11.5. The minimum Gasteiger partial charge on any atom is -0.481 e. The van der Waals surface area contributed by atoms with E-state index >= 15 is 0 Å². The molecule has 1 saturated heterocycles. The van der Waals surface area contributed by atoms with Gasteiger partial charge in [0.15, 0.2) is 0 Å². The molecule has 0 aromatic carbocycles. The molecule has 1 aliphatic heterocycles. The molecule has 3 rings (SSSR count). The number of likely N-dealkylation sites (tertiary alicyclic amines) is 1. The summed E-state index contributed by atoms with van der Waals surface area (Å²) in [6.07, 6.45) is 3.51. The molecule has 6 heteroatoms. The van der Waals surface area contributed by atoms with E-state index in [1.807, 2.05) is 0 Å². The van der Waals surface area contributed by atoms with E-state index in [4.69, 9.17) is 5.11 Å². The van der Waals surface area contributed by atoms with Crippen LogP contribution in [-0.2, 0) is 4.79 Å². The van der Waals surface area contributed by atoms with Gasteiger partial charge in [0.1, 0.15) is 0 Å². The molecular weight excluding hydrogens is 260 g/mol. The van der Waals surface area contributed by atoms with Crippen LogP contribution in [0, 0.1) is 17.8 Å². The first-order chi connectivity index (χ1) is 9.54. The molecule has 1 heterocycles. The van der Waals surface area contributed by atoms with Crippen LogP contribution in [0.25, 0.3) is 0 Å². The minimum absolute atomic E-state index is 0.0195. The third kappa shape index (κ3) is 2.49. The lowest BCUT2D eigenvalue weighted by Crippen LogP contribution is -2.43. The smallest absolute Gasteiger partial charge is 0.317 e. The summed E-state index contributed by atoms with van der Waals surface area (Å²) >= 11 is 0. The van der Waals surface area contributed by atoms with Crippen LogP contribution in [0.5, 0.6) is 0 Å². The number of amides is 2. The number of aliphatic hydroxyl groups excluding tert-OH is 1. The molecule has 6 nitrogen and oxygen atoms in total. The average Bonchev–Trinajstić information content (AvgIpc) is 3.07. The predicted molar refractivity (Wildman–Crippen MR) is 71.1 cm³/mol. The second-order valence-corrected chi connectivity index (χ2v) is 6.47. The summed E-state index contributed by atoms with van der Waals surface area (Å²) in [5, 5.41) is 21.8. The predicted octanol–water partition coefficient (Wildman–Crippen LogP) is 0.652. The number of nitrogens with one attached hydrogen (secondary N) is 1. The monoisotopic (exact) mass is 282 g/mol. The van der Waals surface area contributed by atoms with Gasteiger partial charge in [-0.05, 0) is 38.0 Å². The van der Waals surface area contributed by atoms with Crippen LogP contribution in [0.2, 0.25) is 0 Å². The third-order valence-electron chi connectivity index (χ3n) is 5.22. The van der Waals surface area contributed by atoms with Crippen molar-refractivity contribution in [3.05, 3.63) is 0 Å². The van der Waals surface area contributed by atoms with Gasteiger partial charge in [-0.3, -0.25) is 4.79 Å². The summed E-state index contributed by atoms with van der Waals surface area (Å²) < 4.78 is 0. The molecule has 0 aromatic heterocycles. The first-order valence-corrected chi connectivity index (χ1v) is 7.51. The summed E-state index contributed by atoms with van der Waals surface area (Å²) in [4.78, 5) is 24.9. The fraction of sp³-hybridized carbons (Fsp3) is 0.857. The van der Waals surface area contributed by atoms with Crippen molar-refractivity contribution in [3.8, 4) is 0 Å². The van der Waals surface area contributed by atoms with Gasteiger partial charge >= 0.3 is 12.0 Å². The molecule has 0 spiro atoms. The van der Waals surface area contributed by atoms with E-state index in [1.54, 1.807) is 4.90 Å². The Hall–Kier alpha value is -1.30. The first-order valence-electron chi connectivity index (χ1n) is 7.51. The van der Waals surface area contributed by atoms with Crippen molar-refractivity contribution in [2.24, 2.45) is 17.8 Å². The molecule has 3 aliphatic rings. The van der Waals surface area contributed by atoms with Crippen LogP contribution < -0.4 is 5.32 Å². The molecule has 3 unspecified atom stereocenters. The molecule has 20 heavy (non-hydrogen) atoms. The number of aliphatic carboxylic acids is 1. The Labute approximate surface area is 118 Å². The maximum Gasteiger partial charge on any atom is 0.317 e. The standard InChI is InChI=1S/C14H22N2O4/c17-12-4-2-9-6-16(7-11(9)12)14(20)15-10-3-1-8(5-10)13(18)19/h8-12,17H,1-7H2,(H,15,20)(H,18,19)/t8-,9?,10+,11?,12?/m1/s1. The zero-order valence-electron chi connectivity index (χ0n) is 11.5. The summed E-state index contributed by atoms with van der Waals surface area (Å²) in [7, 11) is 0. The van der Waals surface area contributed by atoms with Crippen molar-refractivity contribution in [2.75, 3.05) is 13.1 Å². The van der Waals surface area contributed by atoms with Gasteiger partial charge in [-0.25, -0.2) is 4.79 Å². The van der Waals surface area contributed by atoms with Gasteiger partial charge in [-0.1, -0.05) is 0 Å². The van der Waals surface area contributed by atoms with Crippen LogP contribution in [0.3, 0.4) is 0 Å². The third-order valence-corrected chi connectivity index (χ3v) is 5.22. The summed E-state index contributed by atoms with van der Waals surface area (Å²) in [6, 6.07) is -0.114. The Bertz CT molecular complexity index is 414. The number of hydrogen-bond donors (Lipinski definition) is 3. The number of aliphatic hydroxyl groups is 1. The lowest BCUT2D eigenvalue weighted by molar-refractivity contribution is -0.141. The van der Waals surface area contributed by atoms with Gasteiger partial charge in [0, 0.05) is 25.0 Å². The largest absolute Gasteiger partial charge is 0.481 e. The minimum atomic E-state index is -0.763. The SMILES string of the molecule is O=C(O)[C@@H]1CC[C@H](NC(=O)N2CC3CCC(O)C3C2)C1. The molecule has 2 saturated carbocycles. The highest BCUT2D eigenvalue weighted by Crippen LogP contribution is 2.38. The van der Waals surface area contributed by atoms with E-state index < -0.39 is 5.97 Å². The quantitative estimate of drug-likeness (QED) is 0.694. The highest BCUT2D eigenvalue weighted by molar-refractivity contribution is 5.75. The number of urea groups is 1. The van der Waals surface area contributed by atoms with Crippen molar-refractivity contribution >= 4 is 12.0 Å². The molecule has 5 atom stereocenters. The van der Waals surface area contributed by atoms with Crippen molar-refractivity contribution in [2.45, 2.75) is 44.2 Å². The van der Waals surface area contributed by atoms with Crippen LogP contribution in [0.1, 0.15) is 32.1 Å². The van der Waals surface area contributed by atoms with E-state index in [-0.39, 0.29) is 30.0 Å². The fourth-order valence-corrected chi connectivity index (χ4v) is 4.01. The number of carbonyl (C=O) groups is 2. The maximum atomic E-state index is 12.2. The Morgan fingerprint density at radius 2 is 1.90 bits per heavy atom. The topological polar surface area (TPSA) is 89.9 Å². The van der Waals surface area contributed by atoms with E-state index in [9.17, 15) is 14.7 Å². The van der Waals surface area contributed by atoms with E-state index in [2.05, 4.69) is 5.32 Å². The second-order valence-electron chi connectivity index (χ2n) is 6.47. The molecule has 2 amide bonds. The zero-order chi connectivity index (χ0) is 14.3. The number of carboxylic acid groups (broad SMARTS) is 1. The van der Waals surface area contributed by atoms with Crippen molar-refractivity contribution in [1.82, 2.24) is 10.2 Å². The molecule has 0 aromatic rings. The lowest BCUT2D eigenvalue weighted by Gasteiger charge is -2.22. The van der Waals surface area contributed by atoms with Crippen molar-refractivity contribution < 1.29 is 19.8 Å². The van der Waals surface area contributed by atoms with E-state index in [1.165, 1.54) is 0 Å². The van der Waals surface area contributed by atoms with Crippen LogP contribution in [0.4, 0.5) is 4.79 Å². The van der Waals surface area contributed by atoms with Crippen LogP contribution >= 0.6 is 0 Å². The molecule has 2 aliphatic carbocycles. The first kappa shape index (κ1) is 13.7. The number of carbonyl (C=O) groups excluding carboxylic acids is 1. The summed E-state index contributed by atoms with van der Waals surface area (Å²) in [5.41, 5.74) is 0. The second kappa shape index (κ2) is 5.24. The van der Waals surface area contributed by atoms with Crippen molar-refractivity contribution in [1.29, 1.82) is 0 Å². The van der Waals surface area contributed by atoms with Crippen LogP contribution in [-0.4, -0.2) is 52.3 Å². The van der Waals surface area contributed by atoms with E-state index in [0.717, 1.165) is 25.8 Å². The van der Waals surface area contributed by atoms with Gasteiger partial charge in [-0.2, -0.15) is 0 Å². The van der Waals surface area contributed by atoms with Crippen molar-refractivity contribution in [3.63, 3.8) is 0 Å². The highest BCUT2D eigenvalue weighted by atomic mass is 16.4. The normalized spacial score (nSPS) is 39.9. The number of nitrogens with zero attached hydrogens (tertiary/aromatic N) is 1. The molecule has 0 bridgehead atoms. The fourth-order valence-electron chi connectivity index (χ4n) is 4.01. The number of hydrogen-bond acceptors (Lipinski definition) is 3. The number of carboxylic acids is 1. The van der Waals surface area contributed by atoms with Gasteiger partial charge < -0.3 is 20.4 Å². The van der Waals surface area contributed by atoms with Gasteiger partial charge in [0.05, 0.1) is 12.0 Å². The number of fused-ring (bicyclic) bond motifs is 1. The average molecular weight is 282 g/mol. The van der Waals surface area contributed by atoms with Gasteiger partial charge in [0.25, 0.3) is 0 Å².